The van der Waals surface area contributed by atoms with Crippen molar-refractivity contribution in [1.82, 2.24) is 0 Å². The van der Waals surface area contributed by atoms with E-state index in [9.17, 15) is 18.4 Å². The molecule has 0 aromatic heterocycles. The molecule has 1 aromatic carbocycles. The second-order valence-electron chi connectivity index (χ2n) is 4.58. The Morgan fingerprint density at radius 1 is 1.25 bits per heavy atom. The zero-order valence-electron chi connectivity index (χ0n) is 10.7. The molecule has 1 saturated carbocycles. The Morgan fingerprint density at radius 3 is 2.40 bits per heavy atom. The van der Waals surface area contributed by atoms with Gasteiger partial charge in [0, 0.05) is 12.1 Å². The number of carbonyl (C=O) groups excluding carboxylic acids is 1. The number of carbonyl (C=O) groups is 2. The molecule has 1 fully saturated rings. The number of ether oxygens (including phenoxy) is 1. The van der Waals surface area contributed by atoms with Crippen LogP contribution in [0.4, 0.5) is 14.5 Å². The fourth-order valence-corrected chi connectivity index (χ4v) is 2.12. The molecule has 0 radical (unpaired) electrons. The van der Waals surface area contributed by atoms with E-state index in [4.69, 9.17) is 5.11 Å². The fourth-order valence-electron chi connectivity index (χ4n) is 2.12. The Balaban J connectivity index is 2.12. The summed E-state index contributed by atoms with van der Waals surface area (Å²) in [6, 6.07) is 1.63. The molecule has 1 aliphatic carbocycles. The summed E-state index contributed by atoms with van der Waals surface area (Å²) in [5, 5.41) is 11.1. The minimum atomic E-state index is -1.06. The number of nitrogens with one attached hydrogen (secondary N) is 1. The SMILES string of the molecule is COc1cc(F)c(NC(=O)C2CCC2C(=O)O)cc1F. The highest BCUT2D eigenvalue weighted by molar-refractivity contribution is 5.96. The molecule has 5 nitrogen and oxygen atoms in total. The van der Waals surface area contributed by atoms with Gasteiger partial charge in [0.2, 0.25) is 5.91 Å². The average Bonchev–Trinajstić information content (AvgIpc) is 2.31. The summed E-state index contributed by atoms with van der Waals surface area (Å²) in [5.74, 6) is -5.08. The van der Waals surface area contributed by atoms with E-state index in [0.717, 1.165) is 12.1 Å². The third kappa shape index (κ3) is 2.56. The number of anilines is 1. The van der Waals surface area contributed by atoms with Crippen LogP contribution in [0.1, 0.15) is 12.8 Å². The van der Waals surface area contributed by atoms with Crippen LogP contribution in [-0.4, -0.2) is 24.1 Å². The first kappa shape index (κ1) is 14.2. The number of amides is 1. The van der Waals surface area contributed by atoms with E-state index in [-0.39, 0.29) is 11.4 Å². The summed E-state index contributed by atoms with van der Waals surface area (Å²) in [6.07, 6.45) is 0.829. The lowest BCUT2D eigenvalue weighted by atomic mass is 9.73. The number of rotatable bonds is 4. The van der Waals surface area contributed by atoms with Gasteiger partial charge in [0.1, 0.15) is 0 Å². The largest absolute Gasteiger partial charge is 0.494 e. The van der Waals surface area contributed by atoms with Crippen molar-refractivity contribution in [3.63, 3.8) is 0 Å². The number of carboxylic acid groups (broad SMARTS) is 1. The quantitative estimate of drug-likeness (QED) is 0.887. The summed E-state index contributed by atoms with van der Waals surface area (Å²) < 4.78 is 31.7. The van der Waals surface area contributed by atoms with E-state index in [1.165, 1.54) is 7.11 Å². The van der Waals surface area contributed by atoms with Gasteiger partial charge in [0.05, 0.1) is 24.6 Å². The van der Waals surface area contributed by atoms with E-state index >= 15 is 0 Å². The number of carboxylic acids is 1. The van der Waals surface area contributed by atoms with Gasteiger partial charge in [0.15, 0.2) is 17.4 Å². The van der Waals surface area contributed by atoms with Crippen molar-refractivity contribution in [2.24, 2.45) is 11.8 Å². The molecule has 2 atom stereocenters. The first-order valence-electron chi connectivity index (χ1n) is 6.00. The van der Waals surface area contributed by atoms with Gasteiger partial charge in [-0.25, -0.2) is 8.78 Å². The van der Waals surface area contributed by atoms with Crippen LogP contribution in [-0.2, 0) is 9.59 Å². The Labute approximate surface area is 113 Å². The van der Waals surface area contributed by atoms with E-state index in [1.54, 1.807) is 0 Å². The maximum atomic E-state index is 13.6. The molecule has 0 spiro atoms. The van der Waals surface area contributed by atoms with Crippen LogP contribution in [0.3, 0.4) is 0 Å². The standard InChI is InChI=1S/C13H13F2NO4/c1-20-11-5-8(14)10(4-9(11)15)16-12(17)6-2-3-7(6)13(18)19/h4-7H,2-3H2,1H3,(H,16,17)(H,18,19). The zero-order valence-corrected chi connectivity index (χ0v) is 10.7. The molecule has 0 heterocycles. The predicted octanol–water partition coefficient (Wildman–Crippen LogP) is 2.02. The third-order valence-corrected chi connectivity index (χ3v) is 3.43. The smallest absolute Gasteiger partial charge is 0.307 e. The fraction of sp³-hybridized carbons (Fsp3) is 0.385. The maximum absolute atomic E-state index is 13.6. The van der Waals surface area contributed by atoms with Gasteiger partial charge in [-0.15, -0.1) is 0 Å². The Morgan fingerprint density at radius 2 is 1.90 bits per heavy atom. The molecule has 2 rings (SSSR count). The minimum Gasteiger partial charge on any atom is -0.494 e. The third-order valence-electron chi connectivity index (χ3n) is 3.43. The number of benzene rings is 1. The highest BCUT2D eigenvalue weighted by Crippen LogP contribution is 2.35. The van der Waals surface area contributed by atoms with Crippen LogP contribution >= 0.6 is 0 Å². The molecule has 108 valence electrons. The molecule has 2 unspecified atom stereocenters. The van der Waals surface area contributed by atoms with Gasteiger partial charge in [-0.1, -0.05) is 0 Å². The first-order chi connectivity index (χ1) is 9.43. The molecule has 0 bridgehead atoms. The van der Waals surface area contributed by atoms with Crippen molar-refractivity contribution in [1.29, 1.82) is 0 Å². The van der Waals surface area contributed by atoms with Crippen molar-refractivity contribution in [2.75, 3.05) is 12.4 Å². The van der Waals surface area contributed by atoms with Crippen LogP contribution in [0.25, 0.3) is 0 Å². The number of halogens is 2. The normalized spacial score (nSPS) is 20.9. The van der Waals surface area contributed by atoms with Crippen molar-refractivity contribution in [3.8, 4) is 5.75 Å². The van der Waals surface area contributed by atoms with Crippen molar-refractivity contribution >= 4 is 17.6 Å². The van der Waals surface area contributed by atoms with E-state index in [1.807, 2.05) is 0 Å². The molecule has 7 heteroatoms. The highest BCUT2D eigenvalue weighted by atomic mass is 19.1. The van der Waals surface area contributed by atoms with Gasteiger partial charge in [-0.3, -0.25) is 9.59 Å². The maximum Gasteiger partial charge on any atom is 0.307 e. The van der Waals surface area contributed by atoms with Crippen molar-refractivity contribution < 1.29 is 28.2 Å². The highest BCUT2D eigenvalue weighted by Gasteiger charge is 2.41. The molecule has 0 saturated heterocycles. The van der Waals surface area contributed by atoms with Gasteiger partial charge in [-0.2, -0.15) is 0 Å². The van der Waals surface area contributed by atoms with Gasteiger partial charge >= 0.3 is 5.97 Å². The van der Waals surface area contributed by atoms with E-state index < -0.39 is 35.3 Å². The molecule has 2 N–H and O–H groups in total. The molecule has 1 amide bonds. The van der Waals surface area contributed by atoms with Gasteiger partial charge < -0.3 is 15.2 Å². The summed E-state index contributed by atoms with van der Waals surface area (Å²) in [7, 11) is 1.20. The molecule has 0 aliphatic heterocycles. The number of aliphatic carboxylic acids is 1. The molecule has 1 aromatic rings. The molecular formula is C13H13F2NO4. The average molecular weight is 285 g/mol. The molecular weight excluding hydrogens is 272 g/mol. The van der Waals surface area contributed by atoms with Gasteiger partial charge in [-0.05, 0) is 12.8 Å². The summed E-state index contributed by atoms with van der Waals surface area (Å²) >= 11 is 0. The van der Waals surface area contributed by atoms with E-state index in [2.05, 4.69) is 10.1 Å². The topological polar surface area (TPSA) is 75.6 Å². The Kier molecular flexibility index (Phi) is 3.87. The lowest BCUT2D eigenvalue weighted by molar-refractivity contribution is -0.151. The molecule has 1 aliphatic rings. The Bertz CT molecular complexity index is 562. The molecule has 20 heavy (non-hydrogen) atoms. The van der Waals surface area contributed by atoms with Crippen LogP contribution in [0.15, 0.2) is 12.1 Å². The summed E-state index contributed by atoms with van der Waals surface area (Å²) in [5.41, 5.74) is -0.329. The lowest BCUT2D eigenvalue weighted by Crippen LogP contribution is -2.41. The zero-order chi connectivity index (χ0) is 14.9. The van der Waals surface area contributed by atoms with Crippen molar-refractivity contribution in [3.05, 3.63) is 23.8 Å². The number of methoxy groups -OCH3 is 1. The monoisotopic (exact) mass is 285 g/mol. The van der Waals surface area contributed by atoms with Crippen LogP contribution in [0.5, 0.6) is 5.75 Å². The second kappa shape index (κ2) is 5.44. The van der Waals surface area contributed by atoms with E-state index in [0.29, 0.717) is 12.8 Å². The first-order valence-corrected chi connectivity index (χ1v) is 6.00. The lowest BCUT2D eigenvalue weighted by Gasteiger charge is -2.31. The predicted molar refractivity (Wildman–Crippen MR) is 65.4 cm³/mol. The van der Waals surface area contributed by atoms with Crippen LogP contribution in [0, 0.1) is 23.5 Å². The number of hydrogen-bond acceptors (Lipinski definition) is 3. The number of hydrogen-bond donors (Lipinski definition) is 2. The second-order valence-corrected chi connectivity index (χ2v) is 4.58. The van der Waals surface area contributed by atoms with Crippen LogP contribution in [0.2, 0.25) is 0 Å². The summed E-state index contributed by atoms with van der Waals surface area (Å²) in [6.45, 7) is 0. The van der Waals surface area contributed by atoms with Crippen molar-refractivity contribution in [2.45, 2.75) is 12.8 Å². The summed E-state index contributed by atoms with van der Waals surface area (Å²) in [4.78, 5) is 22.7. The van der Waals surface area contributed by atoms with Gasteiger partial charge in [0.25, 0.3) is 0 Å². The van der Waals surface area contributed by atoms with Crippen LogP contribution < -0.4 is 10.1 Å². The Hall–Kier alpha value is -2.18. The minimum absolute atomic E-state index is 0.271.